The van der Waals surface area contributed by atoms with Crippen LogP contribution in [0.1, 0.15) is 16.6 Å². The van der Waals surface area contributed by atoms with Gasteiger partial charge in [-0.2, -0.15) is 0 Å². The zero-order valence-corrected chi connectivity index (χ0v) is 12.4. The van der Waals surface area contributed by atoms with Crippen LogP contribution in [0.4, 0.5) is 5.69 Å². The molecule has 2 aromatic rings. The molecule has 0 saturated carbocycles. The fourth-order valence-corrected chi connectivity index (χ4v) is 2.79. The second-order valence-corrected chi connectivity index (χ2v) is 5.77. The first-order valence-electron chi connectivity index (χ1n) is 5.62. The number of carbonyl (C=O) groups excluding carboxylic acids is 1. The Bertz CT molecular complexity index is 649. The molecule has 0 aliphatic heterocycles. The van der Waals surface area contributed by atoms with Crippen LogP contribution in [-0.4, -0.2) is 17.0 Å². The van der Waals surface area contributed by atoms with E-state index in [1.807, 2.05) is 18.4 Å². The average molecular weight is 309 g/mol. The van der Waals surface area contributed by atoms with Gasteiger partial charge in [0.05, 0.1) is 9.80 Å². The molecule has 1 heterocycles. The van der Waals surface area contributed by atoms with Crippen LogP contribution in [0.15, 0.2) is 35.2 Å². The lowest BCUT2D eigenvalue weighted by atomic mass is 10.3. The molecule has 2 rings (SSSR count). The third-order valence-corrected chi connectivity index (χ3v) is 4.34. The normalized spacial score (nSPS) is 10.3. The first-order valence-corrected chi connectivity index (χ1v) is 7.66. The van der Waals surface area contributed by atoms with E-state index < -0.39 is 4.92 Å². The molecule has 0 fully saturated rings. The number of hydrogen-bond donors (Lipinski definition) is 0. The van der Waals surface area contributed by atoms with Gasteiger partial charge in [-0.25, -0.2) is 0 Å². The number of ketones is 1. The van der Waals surface area contributed by atoms with Crippen LogP contribution >= 0.6 is 23.1 Å². The summed E-state index contributed by atoms with van der Waals surface area (Å²) in [6.45, 7) is 1.37. The van der Waals surface area contributed by atoms with Crippen LogP contribution in [0.3, 0.4) is 0 Å². The minimum atomic E-state index is -0.547. The number of nitrogens with zero attached hydrogens (tertiary/aromatic N) is 1. The number of benzene rings is 1. The second kappa shape index (κ2) is 6.06. The summed E-state index contributed by atoms with van der Waals surface area (Å²) in [5.74, 6) is 0.286. The number of carbonyl (C=O) groups is 1. The van der Waals surface area contributed by atoms with Crippen molar-refractivity contribution in [3.63, 3.8) is 0 Å². The molecule has 104 valence electrons. The third kappa shape index (κ3) is 3.17. The standard InChI is InChI=1S/C13H11NO4S2/c1-8(15)12-7-11(14(16)17)13(20-12)18-9-3-5-10(19-2)6-4-9/h3-7H,1-2H3. The maximum absolute atomic E-state index is 11.3. The maximum atomic E-state index is 11.3. The van der Waals surface area contributed by atoms with Gasteiger partial charge in [-0.3, -0.25) is 14.9 Å². The Kier molecular flexibility index (Phi) is 4.41. The number of thioether (sulfide) groups is 1. The topological polar surface area (TPSA) is 69.4 Å². The molecule has 0 aliphatic rings. The lowest BCUT2D eigenvalue weighted by Gasteiger charge is -2.03. The highest BCUT2D eigenvalue weighted by atomic mass is 32.2. The number of ether oxygens (including phenoxy) is 1. The van der Waals surface area contributed by atoms with E-state index in [9.17, 15) is 14.9 Å². The van der Waals surface area contributed by atoms with Gasteiger partial charge in [0.25, 0.3) is 5.06 Å². The number of nitro groups is 1. The zero-order valence-electron chi connectivity index (χ0n) is 10.8. The van der Waals surface area contributed by atoms with E-state index in [0.717, 1.165) is 16.2 Å². The Morgan fingerprint density at radius 2 is 2.00 bits per heavy atom. The second-order valence-electron chi connectivity index (χ2n) is 3.87. The Balaban J connectivity index is 2.31. The molecule has 0 atom stereocenters. The Hall–Kier alpha value is -1.86. The van der Waals surface area contributed by atoms with Crippen molar-refractivity contribution in [2.75, 3.05) is 6.26 Å². The van der Waals surface area contributed by atoms with Crippen molar-refractivity contribution in [3.05, 3.63) is 45.3 Å². The van der Waals surface area contributed by atoms with E-state index in [1.165, 1.54) is 13.0 Å². The summed E-state index contributed by atoms with van der Waals surface area (Å²) in [7, 11) is 0. The average Bonchev–Trinajstić information content (AvgIpc) is 2.84. The van der Waals surface area contributed by atoms with Crippen LogP contribution in [0.5, 0.6) is 10.8 Å². The fraction of sp³-hybridized carbons (Fsp3) is 0.154. The molecule has 1 aromatic heterocycles. The van der Waals surface area contributed by atoms with Crippen molar-refractivity contribution in [2.45, 2.75) is 11.8 Å². The molecule has 0 unspecified atom stereocenters. The van der Waals surface area contributed by atoms with Crippen LogP contribution < -0.4 is 4.74 Å². The van der Waals surface area contributed by atoms with Crippen molar-refractivity contribution < 1.29 is 14.5 Å². The molecular weight excluding hydrogens is 298 g/mol. The van der Waals surface area contributed by atoms with Crippen molar-refractivity contribution in [1.29, 1.82) is 0 Å². The lowest BCUT2D eigenvalue weighted by Crippen LogP contribution is -1.89. The van der Waals surface area contributed by atoms with Gasteiger partial charge in [-0.1, -0.05) is 11.3 Å². The van der Waals surface area contributed by atoms with Gasteiger partial charge in [0, 0.05) is 11.0 Å². The van der Waals surface area contributed by atoms with E-state index >= 15 is 0 Å². The molecule has 0 spiro atoms. The predicted octanol–water partition coefficient (Wildman–Crippen LogP) is 4.37. The number of hydrogen-bond acceptors (Lipinski definition) is 6. The molecule has 0 radical (unpaired) electrons. The Morgan fingerprint density at radius 1 is 1.35 bits per heavy atom. The smallest absolute Gasteiger partial charge is 0.323 e. The van der Waals surface area contributed by atoms with Gasteiger partial charge in [0.15, 0.2) is 5.78 Å². The van der Waals surface area contributed by atoms with E-state index in [4.69, 9.17) is 4.74 Å². The molecule has 0 N–H and O–H groups in total. The van der Waals surface area contributed by atoms with Crippen LogP contribution in [-0.2, 0) is 0 Å². The van der Waals surface area contributed by atoms with Gasteiger partial charge >= 0.3 is 5.69 Å². The molecule has 7 heteroatoms. The van der Waals surface area contributed by atoms with Crippen molar-refractivity contribution >= 4 is 34.6 Å². The minimum Gasteiger partial charge on any atom is -0.440 e. The van der Waals surface area contributed by atoms with Crippen molar-refractivity contribution in [1.82, 2.24) is 0 Å². The molecule has 0 aliphatic carbocycles. The van der Waals surface area contributed by atoms with Gasteiger partial charge in [0.1, 0.15) is 5.75 Å². The Morgan fingerprint density at radius 3 is 2.50 bits per heavy atom. The minimum absolute atomic E-state index is 0.122. The summed E-state index contributed by atoms with van der Waals surface area (Å²) in [4.78, 5) is 23.1. The van der Waals surface area contributed by atoms with Crippen molar-refractivity contribution in [2.24, 2.45) is 0 Å². The predicted molar refractivity (Wildman–Crippen MR) is 79.3 cm³/mol. The summed E-state index contributed by atoms with van der Waals surface area (Å²) < 4.78 is 5.52. The first-order chi connectivity index (χ1) is 9.51. The van der Waals surface area contributed by atoms with E-state index in [2.05, 4.69) is 0 Å². The highest BCUT2D eigenvalue weighted by Gasteiger charge is 2.22. The summed E-state index contributed by atoms with van der Waals surface area (Å²) >= 11 is 2.58. The quantitative estimate of drug-likeness (QED) is 0.355. The van der Waals surface area contributed by atoms with Crippen LogP contribution in [0.2, 0.25) is 0 Å². The van der Waals surface area contributed by atoms with Crippen LogP contribution in [0, 0.1) is 10.1 Å². The number of Topliss-reactive ketones (excluding diaryl/α,β-unsaturated/α-hetero) is 1. The van der Waals surface area contributed by atoms with E-state index in [1.54, 1.807) is 23.9 Å². The van der Waals surface area contributed by atoms with Gasteiger partial charge in [-0.05, 0) is 37.4 Å². The Labute approximate surface area is 123 Å². The molecule has 0 saturated heterocycles. The van der Waals surface area contributed by atoms with Gasteiger partial charge in [-0.15, -0.1) is 11.8 Å². The summed E-state index contributed by atoms with van der Waals surface area (Å²) in [5.41, 5.74) is -0.186. The summed E-state index contributed by atoms with van der Waals surface area (Å²) in [6.07, 6.45) is 1.96. The highest BCUT2D eigenvalue weighted by molar-refractivity contribution is 7.98. The molecule has 0 amide bonds. The number of rotatable bonds is 5. The third-order valence-electron chi connectivity index (χ3n) is 2.49. The molecule has 20 heavy (non-hydrogen) atoms. The molecule has 1 aromatic carbocycles. The van der Waals surface area contributed by atoms with E-state index in [-0.39, 0.29) is 16.5 Å². The largest absolute Gasteiger partial charge is 0.440 e. The fourth-order valence-electron chi connectivity index (χ4n) is 1.49. The first kappa shape index (κ1) is 14.5. The SMILES string of the molecule is CSc1ccc(Oc2sc(C(C)=O)cc2[N+](=O)[O-])cc1. The lowest BCUT2D eigenvalue weighted by molar-refractivity contribution is -0.385. The molecule has 5 nitrogen and oxygen atoms in total. The summed E-state index contributed by atoms with van der Waals surface area (Å²) in [5, 5.41) is 11.1. The molecular formula is C13H11NO4S2. The number of thiophene rings is 1. The van der Waals surface area contributed by atoms with Gasteiger partial charge in [0.2, 0.25) is 0 Å². The zero-order chi connectivity index (χ0) is 14.7. The van der Waals surface area contributed by atoms with Gasteiger partial charge < -0.3 is 4.74 Å². The molecule has 0 bridgehead atoms. The monoisotopic (exact) mass is 309 g/mol. The maximum Gasteiger partial charge on any atom is 0.323 e. The summed E-state index contributed by atoms with van der Waals surface area (Å²) in [6, 6.07) is 8.46. The van der Waals surface area contributed by atoms with E-state index in [0.29, 0.717) is 10.6 Å². The van der Waals surface area contributed by atoms with Crippen LogP contribution in [0.25, 0.3) is 0 Å². The highest BCUT2D eigenvalue weighted by Crippen LogP contribution is 2.40. The van der Waals surface area contributed by atoms with Crippen molar-refractivity contribution in [3.8, 4) is 10.8 Å².